The molecule has 10 heteroatoms. The van der Waals surface area contributed by atoms with Gasteiger partial charge in [0.25, 0.3) is 0 Å². The molecule has 2 rings (SSSR count). The van der Waals surface area contributed by atoms with Crippen molar-refractivity contribution in [3.63, 3.8) is 0 Å². The molecule has 1 aromatic heterocycles. The van der Waals surface area contributed by atoms with E-state index in [2.05, 4.69) is 4.72 Å². The molecule has 0 aromatic carbocycles. The van der Waals surface area contributed by atoms with Gasteiger partial charge in [-0.1, -0.05) is 0 Å². The van der Waals surface area contributed by atoms with Crippen LogP contribution in [0.4, 0.5) is 0 Å². The van der Waals surface area contributed by atoms with Crippen LogP contribution in [0.3, 0.4) is 0 Å². The van der Waals surface area contributed by atoms with Gasteiger partial charge in [0.2, 0.25) is 20.0 Å². The van der Waals surface area contributed by atoms with Crippen LogP contribution in [0, 0.1) is 6.92 Å². The van der Waals surface area contributed by atoms with Crippen molar-refractivity contribution in [1.29, 1.82) is 0 Å². The van der Waals surface area contributed by atoms with E-state index in [-0.39, 0.29) is 29.9 Å². The molecule has 1 N–H and O–H groups in total. The highest BCUT2D eigenvalue weighted by Gasteiger charge is 2.25. The van der Waals surface area contributed by atoms with Gasteiger partial charge in [-0.3, -0.25) is 0 Å². The molecule has 2 heterocycles. The molecule has 1 aliphatic rings. The Labute approximate surface area is 141 Å². The molecular formula is C13H22N2O5S3. The summed E-state index contributed by atoms with van der Waals surface area (Å²) >= 11 is 1.18. The van der Waals surface area contributed by atoms with Crippen LogP contribution in [0.2, 0.25) is 0 Å². The predicted octanol–water partition coefficient (Wildman–Crippen LogP) is 0.775. The van der Waals surface area contributed by atoms with Gasteiger partial charge in [0.1, 0.15) is 4.21 Å². The summed E-state index contributed by atoms with van der Waals surface area (Å²) in [6, 6.07) is 3.28. The van der Waals surface area contributed by atoms with E-state index < -0.39 is 20.0 Å². The Hall–Kier alpha value is -0.520. The summed E-state index contributed by atoms with van der Waals surface area (Å²) in [5, 5.41) is 0. The first-order valence-electron chi connectivity index (χ1n) is 7.31. The van der Waals surface area contributed by atoms with Crippen molar-refractivity contribution in [2.24, 2.45) is 0 Å². The van der Waals surface area contributed by atoms with Crippen molar-refractivity contribution in [2.75, 3.05) is 32.5 Å². The zero-order valence-electron chi connectivity index (χ0n) is 13.2. The van der Waals surface area contributed by atoms with Crippen LogP contribution in [0.5, 0.6) is 0 Å². The van der Waals surface area contributed by atoms with Gasteiger partial charge in [0, 0.05) is 31.1 Å². The van der Waals surface area contributed by atoms with Gasteiger partial charge in [0.05, 0.1) is 12.4 Å². The van der Waals surface area contributed by atoms with Crippen LogP contribution in [-0.2, 0) is 24.8 Å². The molecule has 1 fully saturated rings. The first-order valence-corrected chi connectivity index (χ1v) is 11.5. The summed E-state index contributed by atoms with van der Waals surface area (Å²) in [6.07, 6.45) is 2.76. The van der Waals surface area contributed by atoms with Gasteiger partial charge >= 0.3 is 0 Å². The second-order valence-electron chi connectivity index (χ2n) is 5.52. The molecule has 7 nitrogen and oxygen atoms in total. The summed E-state index contributed by atoms with van der Waals surface area (Å²) in [5.41, 5.74) is 0. The maximum absolute atomic E-state index is 12.1. The molecule has 0 spiro atoms. The average Bonchev–Trinajstić information content (AvgIpc) is 3.08. The lowest BCUT2D eigenvalue weighted by atomic mass is 10.2. The highest BCUT2D eigenvalue weighted by atomic mass is 32.2. The van der Waals surface area contributed by atoms with Crippen molar-refractivity contribution >= 4 is 31.4 Å². The molecule has 1 unspecified atom stereocenters. The van der Waals surface area contributed by atoms with Crippen LogP contribution in [0.1, 0.15) is 17.7 Å². The van der Waals surface area contributed by atoms with Gasteiger partial charge in [-0.05, 0) is 31.9 Å². The molecule has 1 atom stereocenters. The van der Waals surface area contributed by atoms with Gasteiger partial charge in [0.15, 0.2) is 0 Å². The second kappa shape index (κ2) is 7.58. The normalized spacial score (nSPS) is 19.5. The van der Waals surface area contributed by atoms with Crippen LogP contribution < -0.4 is 4.72 Å². The molecule has 132 valence electrons. The quantitative estimate of drug-likeness (QED) is 0.717. The molecule has 1 aromatic rings. The van der Waals surface area contributed by atoms with Crippen LogP contribution in [0.25, 0.3) is 0 Å². The van der Waals surface area contributed by atoms with Crippen molar-refractivity contribution in [2.45, 2.75) is 30.1 Å². The summed E-state index contributed by atoms with van der Waals surface area (Å²) in [6.45, 7) is 2.85. The third kappa shape index (κ3) is 5.50. The van der Waals surface area contributed by atoms with Crippen molar-refractivity contribution in [3.8, 4) is 0 Å². The number of hydrogen-bond acceptors (Lipinski definition) is 6. The van der Waals surface area contributed by atoms with E-state index in [0.717, 1.165) is 24.0 Å². The lowest BCUT2D eigenvalue weighted by Gasteiger charge is -2.23. The largest absolute Gasteiger partial charge is 0.377 e. The molecule has 0 saturated carbocycles. The Kier molecular flexibility index (Phi) is 6.20. The standard InChI is InChI=1S/C13H22N2O5S3/c1-11-5-6-13(21-11)23(18,19)14-7-8-15(22(2,16)17)10-12-4-3-9-20-12/h5-6,12,14H,3-4,7-10H2,1-2H3. The van der Waals surface area contributed by atoms with Gasteiger partial charge in [-0.2, -0.15) is 4.31 Å². The fraction of sp³-hybridized carbons (Fsp3) is 0.692. The molecule has 0 radical (unpaired) electrons. The smallest absolute Gasteiger partial charge is 0.250 e. The summed E-state index contributed by atoms with van der Waals surface area (Å²) < 4.78 is 57.4. The zero-order valence-corrected chi connectivity index (χ0v) is 15.6. The lowest BCUT2D eigenvalue weighted by Crippen LogP contribution is -2.41. The van der Waals surface area contributed by atoms with Crippen LogP contribution in [0.15, 0.2) is 16.3 Å². The third-order valence-corrected chi connectivity index (χ3v) is 7.76. The van der Waals surface area contributed by atoms with Crippen molar-refractivity contribution < 1.29 is 21.6 Å². The average molecular weight is 383 g/mol. The predicted molar refractivity (Wildman–Crippen MR) is 89.6 cm³/mol. The number of nitrogens with one attached hydrogen (secondary N) is 1. The maximum atomic E-state index is 12.1. The first-order chi connectivity index (χ1) is 10.7. The minimum Gasteiger partial charge on any atom is -0.377 e. The van der Waals surface area contributed by atoms with Crippen molar-refractivity contribution in [1.82, 2.24) is 9.03 Å². The number of thiophene rings is 1. The summed E-state index contributed by atoms with van der Waals surface area (Å²) in [5.74, 6) is 0. The molecular weight excluding hydrogens is 360 g/mol. The summed E-state index contributed by atoms with van der Waals surface area (Å²) in [4.78, 5) is 0.904. The topological polar surface area (TPSA) is 92.8 Å². The Morgan fingerprint density at radius 2 is 2.09 bits per heavy atom. The van der Waals surface area contributed by atoms with Gasteiger partial charge < -0.3 is 4.74 Å². The van der Waals surface area contributed by atoms with E-state index in [4.69, 9.17) is 4.74 Å². The molecule has 1 aliphatic heterocycles. The van der Waals surface area contributed by atoms with E-state index in [1.54, 1.807) is 12.1 Å². The van der Waals surface area contributed by atoms with E-state index in [9.17, 15) is 16.8 Å². The summed E-state index contributed by atoms with van der Waals surface area (Å²) in [7, 11) is -7.00. The molecule has 0 bridgehead atoms. The van der Waals surface area contributed by atoms with E-state index >= 15 is 0 Å². The van der Waals surface area contributed by atoms with E-state index in [1.807, 2.05) is 6.92 Å². The fourth-order valence-corrected chi connectivity index (χ4v) is 5.55. The molecule has 1 saturated heterocycles. The Balaban J connectivity index is 1.93. The molecule has 0 amide bonds. The number of hydrogen-bond donors (Lipinski definition) is 1. The Bertz CT molecular complexity index is 721. The second-order valence-corrected chi connectivity index (χ2v) is 10.8. The third-order valence-electron chi connectivity index (χ3n) is 3.53. The number of aryl methyl sites for hydroxylation is 1. The first kappa shape index (κ1) is 18.8. The van der Waals surface area contributed by atoms with E-state index in [0.29, 0.717) is 6.61 Å². The Morgan fingerprint density at radius 1 is 1.35 bits per heavy atom. The monoisotopic (exact) mass is 382 g/mol. The minimum atomic E-state index is -3.59. The number of nitrogens with zero attached hydrogens (tertiary/aromatic N) is 1. The SMILES string of the molecule is Cc1ccc(S(=O)(=O)NCCN(CC2CCCO2)S(C)(=O)=O)s1. The van der Waals surface area contributed by atoms with Crippen molar-refractivity contribution in [3.05, 3.63) is 17.0 Å². The fourth-order valence-electron chi connectivity index (χ4n) is 2.34. The number of ether oxygens (including phenoxy) is 1. The highest BCUT2D eigenvalue weighted by Crippen LogP contribution is 2.20. The highest BCUT2D eigenvalue weighted by molar-refractivity contribution is 7.91. The molecule has 23 heavy (non-hydrogen) atoms. The number of rotatable bonds is 8. The minimum absolute atomic E-state index is 0.0269. The Morgan fingerprint density at radius 3 is 2.61 bits per heavy atom. The van der Waals surface area contributed by atoms with Crippen LogP contribution in [-0.4, -0.2) is 59.7 Å². The van der Waals surface area contributed by atoms with E-state index in [1.165, 1.54) is 15.6 Å². The van der Waals surface area contributed by atoms with Gasteiger partial charge in [-0.15, -0.1) is 11.3 Å². The maximum Gasteiger partial charge on any atom is 0.250 e. The van der Waals surface area contributed by atoms with Gasteiger partial charge in [-0.25, -0.2) is 21.6 Å². The lowest BCUT2D eigenvalue weighted by molar-refractivity contribution is 0.0943. The molecule has 0 aliphatic carbocycles. The van der Waals surface area contributed by atoms with Crippen LogP contribution >= 0.6 is 11.3 Å². The zero-order chi connectivity index (χ0) is 17.1. The number of sulfonamides is 2.